The molecule has 0 bridgehead atoms. The van der Waals surface area contributed by atoms with Gasteiger partial charge in [-0.3, -0.25) is 0 Å². The predicted octanol–water partition coefficient (Wildman–Crippen LogP) is 3.93. The fourth-order valence-corrected chi connectivity index (χ4v) is 1.92. The lowest BCUT2D eigenvalue weighted by Crippen LogP contribution is -2.02. The third-order valence-electron chi connectivity index (χ3n) is 2.63. The van der Waals surface area contributed by atoms with Crippen LogP contribution in [-0.4, -0.2) is 5.11 Å². The first-order valence-electron chi connectivity index (χ1n) is 5.43. The van der Waals surface area contributed by atoms with Gasteiger partial charge in [0.1, 0.15) is 5.75 Å². The summed E-state index contributed by atoms with van der Waals surface area (Å²) in [7, 11) is 0. The van der Waals surface area contributed by atoms with Crippen molar-refractivity contribution >= 4 is 0 Å². The topological polar surface area (TPSA) is 20.2 Å². The number of aromatic hydroxyl groups is 1. The average molecular weight is 192 g/mol. The van der Waals surface area contributed by atoms with Gasteiger partial charge >= 0.3 is 0 Å². The van der Waals surface area contributed by atoms with Gasteiger partial charge in [-0.15, -0.1) is 0 Å². The number of hydrogen-bond donors (Lipinski definition) is 1. The van der Waals surface area contributed by atoms with Crippen molar-refractivity contribution in [2.45, 2.75) is 39.5 Å². The number of phenolic OH excluding ortho intramolecular Hbond substituents is 1. The van der Waals surface area contributed by atoms with E-state index in [0.29, 0.717) is 17.6 Å². The molecule has 0 aromatic heterocycles. The van der Waals surface area contributed by atoms with Gasteiger partial charge in [-0.05, 0) is 36.3 Å². The van der Waals surface area contributed by atoms with Crippen LogP contribution in [0.5, 0.6) is 5.75 Å². The summed E-state index contributed by atoms with van der Waals surface area (Å²) >= 11 is 0. The zero-order valence-electron chi connectivity index (χ0n) is 9.33. The van der Waals surface area contributed by atoms with Crippen molar-refractivity contribution < 1.29 is 5.11 Å². The summed E-state index contributed by atoms with van der Waals surface area (Å²) in [5.74, 6) is 1.62. The maximum Gasteiger partial charge on any atom is 0.119 e. The Balaban J connectivity index is 2.83. The molecule has 1 atom stereocenters. The second-order valence-electron chi connectivity index (χ2n) is 4.29. The number of para-hydroxylation sites is 1. The maximum absolute atomic E-state index is 9.72. The van der Waals surface area contributed by atoms with E-state index in [1.54, 1.807) is 6.07 Å². The first-order chi connectivity index (χ1) is 6.65. The Morgan fingerprint density at radius 2 is 1.86 bits per heavy atom. The number of phenols is 1. The Labute approximate surface area is 86.8 Å². The molecule has 0 radical (unpaired) electrons. The predicted molar refractivity (Wildman–Crippen MR) is 60.6 cm³/mol. The molecule has 0 amide bonds. The van der Waals surface area contributed by atoms with E-state index < -0.39 is 0 Å². The highest BCUT2D eigenvalue weighted by molar-refractivity contribution is 5.34. The Morgan fingerprint density at radius 3 is 2.36 bits per heavy atom. The van der Waals surface area contributed by atoms with Crippen molar-refractivity contribution in [2.75, 3.05) is 0 Å². The zero-order chi connectivity index (χ0) is 10.6. The fourth-order valence-electron chi connectivity index (χ4n) is 1.92. The molecule has 1 aromatic carbocycles. The number of rotatable bonds is 4. The Hall–Kier alpha value is -0.980. The van der Waals surface area contributed by atoms with Gasteiger partial charge in [-0.25, -0.2) is 0 Å². The molecular weight excluding hydrogens is 172 g/mol. The molecular formula is C13H20O. The Bertz CT molecular complexity index is 278. The van der Waals surface area contributed by atoms with Crippen LogP contribution in [0.2, 0.25) is 0 Å². The molecule has 0 aliphatic rings. The summed E-state index contributed by atoms with van der Waals surface area (Å²) in [6.07, 6.45) is 2.24. The van der Waals surface area contributed by atoms with Crippen LogP contribution in [0.1, 0.15) is 45.1 Å². The number of hydrogen-bond acceptors (Lipinski definition) is 1. The van der Waals surface area contributed by atoms with Crippen molar-refractivity contribution in [2.24, 2.45) is 5.92 Å². The highest BCUT2D eigenvalue weighted by atomic mass is 16.3. The van der Waals surface area contributed by atoms with Crippen molar-refractivity contribution in [3.63, 3.8) is 0 Å². The minimum atomic E-state index is 0.444. The summed E-state index contributed by atoms with van der Waals surface area (Å²) in [5.41, 5.74) is 1.10. The normalized spacial score (nSPS) is 13.1. The summed E-state index contributed by atoms with van der Waals surface area (Å²) < 4.78 is 0. The second kappa shape index (κ2) is 5.04. The van der Waals surface area contributed by atoms with E-state index in [0.717, 1.165) is 18.4 Å². The minimum absolute atomic E-state index is 0.444. The quantitative estimate of drug-likeness (QED) is 0.766. The fraction of sp³-hybridized carbons (Fsp3) is 0.538. The average Bonchev–Trinajstić information content (AvgIpc) is 2.15. The van der Waals surface area contributed by atoms with Crippen molar-refractivity contribution in [3.05, 3.63) is 29.8 Å². The van der Waals surface area contributed by atoms with E-state index in [9.17, 15) is 5.11 Å². The summed E-state index contributed by atoms with van der Waals surface area (Å²) in [5, 5.41) is 9.72. The summed E-state index contributed by atoms with van der Waals surface area (Å²) in [4.78, 5) is 0. The largest absolute Gasteiger partial charge is 0.508 e. The highest BCUT2D eigenvalue weighted by Crippen LogP contribution is 2.32. The van der Waals surface area contributed by atoms with Gasteiger partial charge in [0.15, 0.2) is 0 Å². The molecule has 0 aliphatic heterocycles. The van der Waals surface area contributed by atoms with Crippen molar-refractivity contribution in [3.8, 4) is 5.75 Å². The molecule has 1 unspecified atom stereocenters. The van der Waals surface area contributed by atoms with E-state index in [1.807, 2.05) is 18.2 Å². The van der Waals surface area contributed by atoms with Crippen LogP contribution in [0.4, 0.5) is 0 Å². The standard InChI is InChI=1S/C13H20O/c1-4-11(9-10(2)3)12-7-5-6-8-13(12)14/h5-8,10-11,14H,4,9H2,1-3H3. The molecule has 78 valence electrons. The van der Waals surface area contributed by atoms with Gasteiger partial charge < -0.3 is 5.11 Å². The summed E-state index contributed by atoms with van der Waals surface area (Å²) in [6.45, 7) is 6.63. The SMILES string of the molecule is CCC(CC(C)C)c1ccccc1O. The van der Waals surface area contributed by atoms with Gasteiger partial charge in [0.2, 0.25) is 0 Å². The smallest absolute Gasteiger partial charge is 0.119 e. The lowest BCUT2D eigenvalue weighted by Gasteiger charge is -2.18. The van der Waals surface area contributed by atoms with Crippen LogP contribution in [0, 0.1) is 5.92 Å². The van der Waals surface area contributed by atoms with Crippen LogP contribution < -0.4 is 0 Å². The van der Waals surface area contributed by atoms with E-state index in [-0.39, 0.29) is 0 Å². The minimum Gasteiger partial charge on any atom is -0.508 e. The molecule has 0 saturated heterocycles. The molecule has 1 nitrogen and oxygen atoms in total. The number of benzene rings is 1. The Kier molecular flexibility index (Phi) is 3.99. The second-order valence-corrected chi connectivity index (χ2v) is 4.29. The summed E-state index contributed by atoms with van der Waals surface area (Å²) in [6, 6.07) is 7.68. The molecule has 14 heavy (non-hydrogen) atoms. The van der Waals surface area contributed by atoms with Crippen molar-refractivity contribution in [1.82, 2.24) is 0 Å². The van der Waals surface area contributed by atoms with Gasteiger partial charge in [-0.2, -0.15) is 0 Å². The zero-order valence-corrected chi connectivity index (χ0v) is 9.33. The van der Waals surface area contributed by atoms with Gasteiger partial charge in [-0.1, -0.05) is 39.0 Å². The third-order valence-corrected chi connectivity index (χ3v) is 2.63. The molecule has 1 aromatic rings. The van der Waals surface area contributed by atoms with Gasteiger partial charge in [0.05, 0.1) is 0 Å². The third kappa shape index (κ3) is 2.76. The lowest BCUT2D eigenvalue weighted by atomic mass is 9.88. The van der Waals surface area contributed by atoms with E-state index in [2.05, 4.69) is 20.8 Å². The van der Waals surface area contributed by atoms with Gasteiger partial charge in [0, 0.05) is 0 Å². The van der Waals surface area contributed by atoms with E-state index in [1.165, 1.54) is 0 Å². The molecule has 0 spiro atoms. The Morgan fingerprint density at radius 1 is 1.21 bits per heavy atom. The highest BCUT2D eigenvalue weighted by Gasteiger charge is 2.14. The maximum atomic E-state index is 9.72. The van der Waals surface area contributed by atoms with E-state index in [4.69, 9.17) is 0 Å². The monoisotopic (exact) mass is 192 g/mol. The molecule has 0 saturated carbocycles. The molecule has 1 rings (SSSR count). The lowest BCUT2D eigenvalue weighted by molar-refractivity contribution is 0.437. The first-order valence-corrected chi connectivity index (χ1v) is 5.43. The van der Waals surface area contributed by atoms with Crippen LogP contribution in [0.3, 0.4) is 0 Å². The van der Waals surface area contributed by atoms with Crippen molar-refractivity contribution in [1.29, 1.82) is 0 Å². The molecule has 0 heterocycles. The first kappa shape index (κ1) is 11.1. The van der Waals surface area contributed by atoms with E-state index >= 15 is 0 Å². The molecule has 0 fully saturated rings. The van der Waals surface area contributed by atoms with Crippen LogP contribution in [0.15, 0.2) is 24.3 Å². The molecule has 1 N–H and O–H groups in total. The molecule has 0 aliphatic carbocycles. The van der Waals surface area contributed by atoms with Crippen LogP contribution >= 0.6 is 0 Å². The van der Waals surface area contributed by atoms with Crippen LogP contribution in [0.25, 0.3) is 0 Å². The molecule has 1 heteroatoms. The van der Waals surface area contributed by atoms with Gasteiger partial charge in [0.25, 0.3) is 0 Å². The van der Waals surface area contributed by atoms with Crippen LogP contribution in [-0.2, 0) is 0 Å².